The summed E-state index contributed by atoms with van der Waals surface area (Å²) in [5.74, 6) is 1.98. The van der Waals surface area contributed by atoms with Gasteiger partial charge in [0, 0.05) is 51.0 Å². The summed E-state index contributed by atoms with van der Waals surface area (Å²) in [5.41, 5.74) is 0.725. The van der Waals surface area contributed by atoms with Gasteiger partial charge in [0.2, 0.25) is 11.5 Å². The number of hydrogen-bond donors (Lipinski definition) is 0. The van der Waals surface area contributed by atoms with E-state index in [1.807, 2.05) is 17.5 Å². The highest BCUT2D eigenvalue weighted by Crippen LogP contribution is 2.19. The Balaban J connectivity index is 1.34. The lowest BCUT2D eigenvalue weighted by Crippen LogP contribution is -2.49. The largest absolute Gasteiger partial charge is 0.350 e. The van der Waals surface area contributed by atoms with Gasteiger partial charge in [-0.25, -0.2) is 14.5 Å². The Bertz CT molecular complexity index is 1110. The van der Waals surface area contributed by atoms with E-state index in [0.717, 1.165) is 17.3 Å². The average Bonchev–Trinajstić information content (AvgIpc) is 3.31. The molecule has 4 aromatic heterocycles. The van der Waals surface area contributed by atoms with Crippen LogP contribution in [-0.4, -0.2) is 76.2 Å². The Hall–Kier alpha value is -3.63. The van der Waals surface area contributed by atoms with Gasteiger partial charge in [-0.1, -0.05) is 0 Å². The van der Waals surface area contributed by atoms with E-state index in [-0.39, 0.29) is 11.7 Å². The van der Waals surface area contributed by atoms with Gasteiger partial charge in [0.05, 0.1) is 0 Å². The number of carbonyl (C=O) groups is 1. The first-order valence-corrected chi connectivity index (χ1v) is 8.59. The topological polar surface area (TPSA) is 110 Å². The van der Waals surface area contributed by atoms with E-state index in [2.05, 4.69) is 35.1 Å². The standard InChI is InChI=1S/C16H16N10O/c1-11-20-21-14-13(17-4-6-25(11)14)23-7-9-24(10-8-23)15(27)12-19-16-18-3-2-5-26(16)22-12/h2-6H,7-10H2,1H3. The molecule has 0 aromatic carbocycles. The minimum atomic E-state index is -0.190. The second kappa shape index (κ2) is 5.97. The summed E-state index contributed by atoms with van der Waals surface area (Å²) in [5, 5.41) is 12.5. The average molecular weight is 364 g/mol. The third-order valence-electron chi connectivity index (χ3n) is 4.65. The van der Waals surface area contributed by atoms with Crippen LogP contribution in [0.4, 0.5) is 5.82 Å². The Morgan fingerprint density at radius 3 is 2.70 bits per heavy atom. The number of anilines is 1. The third-order valence-corrected chi connectivity index (χ3v) is 4.65. The Labute approximate surface area is 153 Å². The number of carbonyl (C=O) groups excluding carboxylic acids is 1. The van der Waals surface area contributed by atoms with Crippen LogP contribution in [0.5, 0.6) is 0 Å². The Kier molecular flexibility index (Phi) is 3.45. The first-order valence-electron chi connectivity index (χ1n) is 8.59. The van der Waals surface area contributed by atoms with Crippen LogP contribution in [-0.2, 0) is 0 Å². The number of aromatic nitrogens is 8. The van der Waals surface area contributed by atoms with Crippen LogP contribution in [0, 0.1) is 6.92 Å². The van der Waals surface area contributed by atoms with Crippen molar-refractivity contribution in [2.24, 2.45) is 0 Å². The zero-order valence-corrected chi connectivity index (χ0v) is 14.6. The Morgan fingerprint density at radius 1 is 1.04 bits per heavy atom. The molecular formula is C16H16N10O. The zero-order chi connectivity index (χ0) is 18.4. The first-order chi connectivity index (χ1) is 13.2. The molecule has 0 unspecified atom stereocenters. The second-order valence-corrected chi connectivity index (χ2v) is 6.27. The molecule has 0 N–H and O–H groups in total. The number of piperazine rings is 1. The molecule has 1 aliphatic rings. The van der Waals surface area contributed by atoms with Crippen molar-refractivity contribution in [2.75, 3.05) is 31.1 Å². The molecule has 1 aliphatic heterocycles. The van der Waals surface area contributed by atoms with Crippen LogP contribution >= 0.6 is 0 Å². The van der Waals surface area contributed by atoms with Gasteiger partial charge in [-0.15, -0.1) is 15.3 Å². The van der Waals surface area contributed by atoms with Gasteiger partial charge in [0.25, 0.3) is 11.7 Å². The van der Waals surface area contributed by atoms with E-state index in [0.29, 0.717) is 32.0 Å². The fourth-order valence-corrected chi connectivity index (χ4v) is 3.24. The maximum absolute atomic E-state index is 12.7. The van der Waals surface area contributed by atoms with E-state index in [1.54, 1.807) is 29.6 Å². The molecular weight excluding hydrogens is 348 g/mol. The lowest BCUT2D eigenvalue weighted by atomic mass is 10.3. The predicted molar refractivity (Wildman–Crippen MR) is 94.4 cm³/mol. The van der Waals surface area contributed by atoms with Crippen molar-refractivity contribution in [3.8, 4) is 0 Å². The number of aryl methyl sites for hydroxylation is 1. The smallest absolute Gasteiger partial charge is 0.293 e. The van der Waals surface area contributed by atoms with Crippen molar-refractivity contribution in [3.63, 3.8) is 0 Å². The van der Waals surface area contributed by atoms with Crippen molar-refractivity contribution < 1.29 is 4.79 Å². The van der Waals surface area contributed by atoms with Gasteiger partial charge in [-0.05, 0) is 13.0 Å². The fourth-order valence-electron chi connectivity index (χ4n) is 3.24. The van der Waals surface area contributed by atoms with Crippen molar-refractivity contribution in [2.45, 2.75) is 6.92 Å². The molecule has 4 aromatic rings. The third kappa shape index (κ3) is 2.55. The fraction of sp³-hybridized carbons (Fsp3) is 0.312. The molecule has 27 heavy (non-hydrogen) atoms. The van der Waals surface area contributed by atoms with Gasteiger partial charge in [-0.2, -0.15) is 4.98 Å². The minimum absolute atomic E-state index is 0.162. The summed E-state index contributed by atoms with van der Waals surface area (Å²) < 4.78 is 3.41. The van der Waals surface area contributed by atoms with Crippen LogP contribution in [0.3, 0.4) is 0 Å². The number of fused-ring (bicyclic) bond motifs is 2. The Morgan fingerprint density at radius 2 is 1.89 bits per heavy atom. The molecule has 5 rings (SSSR count). The van der Waals surface area contributed by atoms with Gasteiger partial charge in [0.1, 0.15) is 5.82 Å². The van der Waals surface area contributed by atoms with E-state index in [1.165, 1.54) is 4.52 Å². The van der Waals surface area contributed by atoms with Crippen molar-refractivity contribution in [3.05, 3.63) is 42.5 Å². The summed E-state index contributed by atoms with van der Waals surface area (Å²) in [7, 11) is 0. The molecule has 1 saturated heterocycles. The van der Waals surface area contributed by atoms with Crippen LogP contribution < -0.4 is 4.90 Å². The molecule has 0 radical (unpaired) electrons. The second-order valence-electron chi connectivity index (χ2n) is 6.27. The molecule has 136 valence electrons. The number of amides is 1. The number of nitrogens with zero attached hydrogens (tertiary/aromatic N) is 10. The zero-order valence-electron chi connectivity index (χ0n) is 14.6. The summed E-state index contributed by atoms with van der Waals surface area (Å²) in [6, 6.07) is 1.74. The van der Waals surface area contributed by atoms with E-state index in [4.69, 9.17) is 0 Å². The molecule has 0 bridgehead atoms. The van der Waals surface area contributed by atoms with E-state index < -0.39 is 0 Å². The SMILES string of the molecule is Cc1nnc2c(N3CCN(C(=O)c4nc5ncccn5n4)CC3)nccn12. The van der Waals surface area contributed by atoms with Crippen LogP contribution in [0.1, 0.15) is 16.4 Å². The van der Waals surface area contributed by atoms with E-state index >= 15 is 0 Å². The van der Waals surface area contributed by atoms with Crippen LogP contribution in [0.15, 0.2) is 30.9 Å². The van der Waals surface area contributed by atoms with E-state index in [9.17, 15) is 4.79 Å². The van der Waals surface area contributed by atoms with Crippen LogP contribution in [0.2, 0.25) is 0 Å². The maximum Gasteiger partial charge on any atom is 0.293 e. The predicted octanol–water partition coefficient (Wildman–Crippen LogP) is -0.167. The summed E-state index contributed by atoms with van der Waals surface area (Å²) in [4.78, 5) is 29.4. The van der Waals surface area contributed by atoms with Crippen LogP contribution in [0.25, 0.3) is 11.4 Å². The van der Waals surface area contributed by atoms with Gasteiger partial charge >= 0.3 is 0 Å². The molecule has 11 nitrogen and oxygen atoms in total. The lowest BCUT2D eigenvalue weighted by molar-refractivity contribution is 0.0734. The molecule has 0 atom stereocenters. The lowest BCUT2D eigenvalue weighted by Gasteiger charge is -2.34. The molecule has 0 spiro atoms. The summed E-state index contributed by atoms with van der Waals surface area (Å²) in [6.07, 6.45) is 6.93. The number of hydrogen-bond acceptors (Lipinski definition) is 8. The summed E-state index contributed by atoms with van der Waals surface area (Å²) >= 11 is 0. The van der Waals surface area contributed by atoms with Gasteiger partial charge in [-0.3, -0.25) is 9.20 Å². The molecule has 11 heteroatoms. The normalized spacial score (nSPS) is 15.0. The monoisotopic (exact) mass is 364 g/mol. The highest BCUT2D eigenvalue weighted by Gasteiger charge is 2.27. The number of rotatable bonds is 2. The molecule has 5 heterocycles. The maximum atomic E-state index is 12.7. The van der Waals surface area contributed by atoms with Crippen molar-refractivity contribution >= 4 is 23.1 Å². The van der Waals surface area contributed by atoms with Crippen molar-refractivity contribution in [1.29, 1.82) is 0 Å². The van der Waals surface area contributed by atoms with Gasteiger partial charge in [0.15, 0.2) is 5.82 Å². The molecule has 1 fully saturated rings. The minimum Gasteiger partial charge on any atom is -0.350 e. The highest BCUT2D eigenvalue weighted by atomic mass is 16.2. The molecule has 1 amide bonds. The van der Waals surface area contributed by atoms with Crippen molar-refractivity contribution in [1.82, 2.24) is 44.1 Å². The quantitative estimate of drug-likeness (QED) is 0.482. The highest BCUT2D eigenvalue weighted by molar-refractivity contribution is 5.91. The summed E-state index contributed by atoms with van der Waals surface area (Å²) in [6.45, 7) is 4.30. The molecule has 0 aliphatic carbocycles. The first kappa shape index (κ1) is 15.6. The van der Waals surface area contributed by atoms with Gasteiger partial charge < -0.3 is 9.80 Å². The molecule has 0 saturated carbocycles.